The molecule has 0 radical (unpaired) electrons. The number of carbonyl (C=O) groups excluding carboxylic acids is 3. The lowest BCUT2D eigenvalue weighted by Crippen LogP contribution is -2.56. The molecule has 0 aliphatic carbocycles. The van der Waals surface area contributed by atoms with E-state index in [-0.39, 0.29) is 11.8 Å². The van der Waals surface area contributed by atoms with Crippen molar-refractivity contribution in [1.29, 1.82) is 0 Å². The molecule has 9 nitrogen and oxygen atoms in total. The van der Waals surface area contributed by atoms with Crippen molar-refractivity contribution in [3.05, 3.63) is 0 Å². The molecule has 0 aromatic heterocycles. The highest BCUT2D eigenvalue weighted by Gasteiger charge is 2.37. The molecule has 4 unspecified atom stereocenters. The van der Waals surface area contributed by atoms with Crippen molar-refractivity contribution in [2.24, 2.45) is 11.7 Å². The van der Waals surface area contributed by atoms with E-state index in [1.807, 2.05) is 20.1 Å². The summed E-state index contributed by atoms with van der Waals surface area (Å²) >= 11 is 1.60. The van der Waals surface area contributed by atoms with E-state index in [0.717, 1.165) is 5.75 Å². The second-order valence-corrected chi connectivity index (χ2v) is 8.82. The van der Waals surface area contributed by atoms with Gasteiger partial charge >= 0.3 is 5.97 Å². The van der Waals surface area contributed by atoms with Gasteiger partial charge in [0.2, 0.25) is 17.7 Å². The second-order valence-electron chi connectivity index (χ2n) is 7.84. The quantitative estimate of drug-likeness (QED) is 0.366. The van der Waals surface area contributed by atoms with Gasteiger partial charge in [0.15, 0.2) is 0 Å². The van der Waals surface area contributed by atoms with E-state index in [9.17, 15) is 19.2 Å². The highest BCUT2D eigenvalue weighted by Crippen LogP contribution is 2.20. The van der Waals surface area contributed by atoms with Crippen LogP contribution in [0.4, 0.5) is 0 Å². The molecular formula is C19H34N4O5S. The van der Waals surface area contributed by atoms with Crippen LogP contribution in [0.2, 0.25) is 0 Å². The maximum absolute atomic E-state index is 12.9. The van der Waals surface area contributed by atoms with Crippen LogP contribution >= 0.6 is 11.8 Å². The zero-order chi connectivity index (χ0) is 22.1. The fourth-order valence-electron chi connectivity index (χ4n) is 3.23. The standard InChI is InChI=1S/C19H34N4O5S/c1-11(2)10-14(16(24)21-12(3)19(27)28)22-17(25)15-6-5-8-23(15)18(26)13(20)7-9-29-4/h11-15H,5-10,20H2,1-4H3,(H,21,24)(H,22,25)(H,27,28). The van der Waals surface area contributed by atoms with Gasteiger partial charge in [-0.2, -0.15) is 11.8 Å². The Kier molecular flexibility index (Phi) is 10.5. The summed E-state index contributed by atoms with van der Waals surface area (Å²) in [6.07, 6.45) is 4.03. The van der Waals surface area contributed by atoms with Gasteiger partial charge in [0.05, 0.1) is 6.04 Å². The predicted molar refractivity (Wildman–Crippen MR) is 112 cm³/mol. The highest BCUT2D eigenvalue weighted by atomic mass is 32.2. The smallest absolute Gasteiger partial charge is 0.325 e. The number of nitrogens with one attached hydrogen (secondary N) is 2. The first-order valence-corrected chi connectivity index (χ1v) is 11.4. The first-order valence-electron chi connectivity index (χ1n) is 9.97. The van der Waals surface area contributed by atoms with Crippen molar-refractivity contribution < 1.29 is 24.3 Å². The van der Waals surface area contributed by atoms with Gasteiger partial charge in [-0.05, 0) is 50.5 Å². The van der Waals surface area contributed by atoms with E-state index >= 15 is 0 Å². The normalized spacial score (nSPS) is 19.5. The first kappa shape index (κ1) is 25.2. The van der Waals surface area contributed by atoms with Gasteiger partial charge in [0.25, 0.3) is 0 Å². The van der Waals surface area contributed by atoms with Gasteiger partial charge in [-0.25, -0.2) is 0 Å². The third-order valence-electron chi connectivity index (χ3n) is 4.86. The van der Waals surface area contributed by atoms with Gasteiger partial charge in [-0.15, -0.1) is 0 Å². The number of rotatable bonds is 11. The monoisotopic (exact) mass is 430 g/mol. The minimum absolute atomic E-state index is 0.104. The van der Waals surface area contributed by atoms with Crippen LogP contribution in [-0.4, -0.2) is 76.4 Å². The Labute approximate surface area is 176 Å². The van der Waals surface area contributed by atoms with Crippen LogP contribution in [0.3, 0.4) is 0 Å². The minimum atomic E-state index is -1.15. The van der Waals surface area contributed by atoms with Gasteiger partial charge in [0.1, 0.15) is 18.1 Å². The number of aliphatic carboxylic acids is 1. The topological polar surface area (TPSA) is 142 Å². The zero-order valence-electron chi connectivity index (χ0n) is 17.6. The van der Waals surface area contributed by atoms with Crippen molar-refractivity contribution in [1.82, 2.24) is 15.5 Å². The summed E-state index contributed by atoms with van der Waals surface area (Å²) in [5.41, 5.74) is 5.99. The molecular weight excluding hydrogens is 396 g/mol. The van der Waals surface area contributed by atoms with Crippen molar-refractivity contribution in [3.63, 3.8) is 0 Å². The molecule has 1 rings (SSSR count). The lowest BCUT2D eigenvalue weighted by atomic mass is 10.0. The van der Waals surface area contributed by atoms with Gasteiger partial charge in [-0.3, -0.25) is 19.2 Å². The number of carboxylic acid groups (broad SMARTS) is 1. The van der Waals surface area contributed by atoms with Crippen molar-refractivity contribution >= 4 is 35.5 Å². The van der Waals surface area contributed by atoms with E-state index in [0.29, 0.717) is 32.2 Å². The van der Waals surface area contributed by atoms with Crippen molar-refractivity contribution in [3.8, 4) is 0 Å². The minimum Gasteiger partial charge on any atom is -0.480 e. The Morgan fingerprint density at radius 2 is 1.86 bits per heavy atom. The predicted octanol–water partition coefficient (Wildman–Crippen LogP) is 0.178. The summed E-state index contributed by atoms with van der Waals surface area (Å²) in [6.45, 7) is 5.63. The maximum atomic E-state index is 12.9. The molecule has 3 amide bonds. The molecule has 29 heavy (non-hydrogen) atoms. The summed E-state index contributed by atoms with van der Waals surface area (Å²) in [4.78, 5) is 50.5. The fourth-order valence-corrected chi connectivity index (χ4v) is 3.72. The number of amides is 3. The van der Waals surface area contributed by atoms with Crippen LogP contribution in [0.15, 0.2) is 0 Å². The molecule has 1 saturated heterocycles. The van der Waals surface area contributed by atoms with E-state index < -0.39 is 42.0 Å². The largest absolute Gasteiger partial charge is 0.480 e. The number of nitrogens with zero attached hydrogens (tertiary/aromatic N) is 1. The summed E-state index contributed by atoms with van der Waals surface area (Å²) in [5.74, 6) is -1.49. The van der Waals surface area contributed by atoms with Crippen LogP contribution in [0.1, 0.15) is 46.5 Å². The van der Waals surface area contributed by atoms with Crippen molar-refractivity contribution in [2.75, 3.05) is 18.6 Å². The second kappa shape index (κ2) is 12.0. The third-order valence-corrected chi connectivity index (χ3v) is 5.50. The number of nitrogens with two attached hydrogens (primary N) is 1. The molecule has 4 atom stereocenters. The molecule has 10 heteroatoms. The van der Waals surface area contributed by atoms with E-state index in [2.05, 4.69) is 10.6 Å². The number of carboxylic acids is 1. The van der Waals surface area contributed by atoms with E-state index in [4.69, 9.17) is 10.8 Å². The molecule has 0 aromatic carbocycles. The molecule has 0 aromatic rings. The first-order chi connectivity index (χ1) is 13.6. The molecule has 0 saturated carbocycles. The lowest BCUT2D eigenvalue weighted by molar-refractivity contribution is -0.142. The fraction of sp³-hybridized carbons (Fsp3) is 0.789. The summed E-state index contributed by atoms with van der Waals surface area (Å²) in [7, 11) is 0. The van der Waals surface area contributed by atoms with Crippen LogP contribution in [0.5, 0.6) is 0 Å². The van der Waals surface area contributed by atoms with Crippen molar-refractivity contribution in [2.45, 2.75) is 70.6 Å². The van der Waals surface area contributed by atoms with Crippen LogP contribution < -0.4 is 16.4 Å². The van der Waals surface area contributed by atoms with Crippen LogP contribution in [-0.2, 0) is 19.2 Å². The number of likely N-dealkylation sites (tertiary alicyclic amines) is 1. The van der Waals surface area contributed by atoms with Crippen LogP contribution in [0.25, 0.3) is 0 Å². The molecule has 1 aliphatic rings. The number of thioether (sulfide) groups is 1. The number of hydrogen-bond acceptors (Lipinski definition) is 6. The number of hydrogen-bond donors (Lipinski definition) is 4. The molecule has 1 heterocycles. The third kappa shape index (κ3) is 7.85. The van der Waals surface area contributed by atoms with Crippen LogP contribution in [0, 0.1) is 5.92 Å². The van der Waals surface area contributed by atoms with E-state index in [1.165, 1.54) is 11.8 Å². The molecule has 1 aliphatic heterocycles. The Hall–Kier alpha value is -1.81. The average molecular weight is 431 g/mol. The lowest BCUT2D eigenvalue weighted by Gasteiger charge is -2.29. The van der Waals surface area contributed by atoms with Gasteiger partial charge in [-0.1, -0.05) is 13.8 Å². The SMILES string of the molecule is CSCCC(N)C(=O)N1CCCC1C(=O)NC(CC(C)C)C(=O)NC(C)C(=O)O. The highest BCUT2D eigenvalue weighted by molar-refractivity contribution is 7.98. The average Bonchev–Trinajstić information content (AvgIpc) is 3.14. The van der Waals surface area contributed by atoms with Gasteiger partial charge in [0, 0.05) is 6.54 Å². The van der Waals surface area contributed by atoms with Gasteiger partial charge < -0.3 is 26.4 Å². The zero-order valence-corrected chi connectivity index (χ0v) is 18.5. The molecule has 0 spiro atoms. The molecule has 166 valence electrons. The Bertz CT molecular complexity index is 601. The molecule has 5 N–H and O–H groups in total. The Morgan fingerprint density at radius 1 is 1.21 bits per heavy atom. The Balaban J connectivity index is 2.82. The summed E-state index contributed by atoms with van der Waals surface area (Å²) in [6, 6.07) is -3.25. The summed E-state index contributed by atoms with van der Waals surface area (Å²) in [5, 5.41) is 14.1. The Morgan fingerprint density at radius 3 is 2.41 bits per heavy atom. The van der Waals surface area contributed by atoms with E-state index in [1.54, 1.807) is 11.8 Å². The number of carbonyl (C=O) groups is 4. The maximum Gasteiger partial charge on any atom is 0.325 e. The summed E-state index contributed by atoms with van der Waals surface area (Å²) < 4.78 is 0. The molecule has 1 fully saturated rings. The molecule has 0 bridgehead atoms.